The van der Waals surface area contributed by atoms with Crippen LogP contribution in [0.25, 0.3) is 0 Å². The highest BCUT2D eigenvalue weighted by atomic mass is 31.1. The van der Waals surface area contributed by atoms with Crippen molar-refractivity contribution in [1.29, 1.82) is 0 Å². The summed E-state index contributed by atoms with van der Waals surface area (Å²) < 4.78 is 27.9. The molecule has 5 nitrogen and oxygen atoms in total. The van der Waals surface area contributed by atoms with Crippen molar-refractivity contribution in [2.75, 3.05) is 20.4 Å². The van der Waals surface area contributed by atoms with Gasteiger partial charge in [0.1, 0.15) is 0 Å². The molecule has 0 bridgehead atoms. The Kier molecular flexibility index (Phi) is 8.59. The van der Waals surface area contributed by atoms with E-state index in [1.165, 1.54) is 0 Å². The third kappa shape index (κ3) is 6.96. The molecular weight excluding hydrogens is 319 g/mol. The number of Topliss-reactive ketones (excluding diaryl/α,β-unsaturated/α-hetero) is 1. The number of rotatable bonds is 10. The van der Waals surface area contributed by atoms with Gasteiger partial charge in [-0.25, -0.2) is 0 Å². The van der Waals surface area contributed by atoms with Gasteiger partial charge in [0.2, 0.25) is 6.16 Å². The standard InChI is InChI=1S/C15H31O5PSi/c1-14(2,3)22(7,8)20-13(9-12(16)11-21-17)10-15(4,18-5)19-6/h13H,9-11H2,1-8H3/p+1/t13-/m1/s1. The molecule has 130 valence electrons. The van der Waals surface area contributed by atoms with Crippen molar-refractivity contribution in [3.63, 3.8) is 0 Å². The topological polar surface area (TPSA) is 61.8 Å². The van der Waals surface area contributed by atoms with Crippen LogP contribution < -0.4 is 0 Å². The van der Waals surface area contributed by atoms with Crippen LogP contribution >= 0.6 is 8.46 Å². The summed E-state index contributed by atoms with van der Waals surface area (Å²) in [5.74, 6) is -0.848. The molecule has 1 unspecified atom stereocenters. The van der Waals surface area contributed by atoms with E-state index in [4.69, 9.17) is 13.9 Å². The number of carbonyl (C=O) groups excluding carboxylic acids is 1. The normalized spacial score (nSPS) is 15.1. The van der Waals surface area contributed by atoms with Gasteiger partial charge >= 0.3 is 8.46 Å². The second-order valence-corrected chi connectivity index (χ2v) is 12.7. The van der Waals surface area contributed by atoms with Crippen LogP contribution in [0.15, 0.2) is 0 Å². The third-order valence-corrected chi connectivity index (χ3v) is 9.53. The second kappa shape index (κ2) is 8.64. The molecule has 0 N–H and O–H groups in total. The highest BCUT2D eigenvalue weighted by Gasteiger charge is 2.41. The van der Waals surface area contributed by atoms with E-state index in [0.717, 1.165) is 0 Å². The fourth-order valence-corrected chi connectivity index (χ4v) is 3.48. The third-order valence-electron chi connectivity index (χ3n) is 4.45. The van der Waals surface area contributed by atoms with Gasteiger partial charge in [-0.3, -0.25) is 4.79 Å². The van der Waals surface area contributed by atoms with Gasteiger partial charge in [-0.2, -0.15) is 0 Å². The number of methoxy groups -OCH3 is 2. The van der Waals surface area contributed by atoms with E-state index in [1.807, 2.05) is 6.92 Å². The van der Waals surface area contributed by atoms with Crippen molar-refractivity contribution in [2.45, 2.75) is 70.6 Å². The molecule has 0 rings (SSSR count). The molecule has 0 saturated heterocycles. The van der Waals surface area contributed by atoms with Crippen molar-refractivity contribution in [2.24, 2.45) is 0 Å². The quantitative estimate of drug-likeness (QED) is 0.341. The van der Waals surface area contributed by atoms with Crippen molar-refractivity contribution in [3.8, 4) is 0 Å². The van der Waals surface area contributed by atoms with Gasteiger partial charge < -0.3 is 13.9 Å². The van der Waals surface area contributed by atoms with Gasteiger partial charge in [-0.1, -0.05) is 25.3 Å². The smallest absolute Gasteiger partial charge is 0.332 e. The molecule has 2 atom stereocenters. The molecule has 0 aliphatic rings. The molecule has 0 radical (unpaired) electrons. The monoisotopic (exact) mass is 351 g/mol. The van der Waals surface area contributed by atoms with Gasteiger partial charge in [0.05, 0.1) is 6.10 Å². The van der Waals surface area contributed by atoms with Crippen LogP contribution in [0.4, 0.5) is 0 Å². The number of hydrogen-bond acceptors (Lipinski definition) is 5. The minimum atomic E-state index is -2.02. The first-order valence-electron chi connectivity index (χ1n) is 7.55. The van der Waals surface area contributed by atoms with E-state index < -0.39 is 22.6 Å². The van der Waals surface area contributed by atoms with Crippen LogP contribution in [-0.4, -0.2) is 46.4 Å². The zero-order valence-electron chi connectivity index (χ0n) is 15.2. The van der Waals surface area contributed by atoms with Gasteiger partial charge in [0.25, 0.3) is 0 Å². The van der Waals surface area contributed by atoms with Crippen LogP contribution in [0.1, 0.15) is 40.5 Å². The Bertz CT molecular complexity index is 375. The summed E-state index contributed by atoms with van der Waals surface area (Å²) >= 11 is 0. The fourth-order valence-electron chi connectivity index (χ4n) is 1.82. The van der Waals surface area contributed by atoms with E-state index in [9.17, 15) is 9.36 Å². The Morgan fingerprint density at radius 3 is 2.00 bits per heavy atom. The van der Waals surface area contributed by atoms with Crippen LogP contribution in [0.2, 0.25) is 18.1 Å². The average molecular weight is 351 g/mol. The summed E-state index contributed by atoms with van der Waals surface area (Å²) in [5, 5.41) is 0.0468. The van der Waals surface area contributed by atoms with E-state index >= 15 is 0 Å². The molecule has 22 heavy (non-hydrogen) atoms. The molecule has 7 heteroatoms. The Hall–Kier alpha value is -0.133. The highest BCUT2D eigenvalue weighted by Crippen LogP contribution is 2.38. The Morgan fingerprint density at radius 1 is 1.14 bits per heavy atom. The summed E-state index contributed by atoms with van der Waals surface area (Å²) in [6.45, 7) is 12.6. The number of carbonyl (C=O) groups is 1. The maximum atomic E-state index is 11.9. The molecule has 0 aliphatic heterocycles. The maximum absolute atomic E-state index is 11.9. The molecule has 0 aromatic rings. The number of ether oxygens (including phenoxy) is 2. The molecule has 0 fully saturated rings. The molecular formula is C15H32O5PSi+. The zero-order chi connectivity index (χ0) is 17.6. The second-order valence-electron chi connectivity index (χ2n) is 7.31. The summed E-state index contributed by atoms with van der Waals surface area (Å²) in [6.07, 6.45) is 0.479. The van der Waals surface area contributed by atoms with Crippen LogP contribution in [0.3, 0.4) is 0 Å². The van der Waals surface area contributed by atoms with E-state index in [2.05, 4.69) is 33.9 Å². The van der Waals surface area contributed by atoms with E-state index in [-0.39, 0.29) is 29.5 Å². The van der Waals surface area contributed by atoms with Gasteiger partial charge in [0.15, 0.2) is 19.9 Å². The molecule has 0 spiro atoms. The molecule has 0 saturated carbocycles. The molecule has 0 amide bonds. The highest BCUT2D eigenvalue weighted by molar-refractivity contribution is 7.25. The lowest BCUT2D eigenvalue weighted by molar-refractivity contribution is -0.208. The minimum absolute atomic E-state index is 0.0468. The van der Waals surface area contributed by atoms with Crippen molar-refractivity contribution < 1.29 is 23.3 Å². The average Bonchev–Trinajstić information content (AvgIpc) is 2.36. The van der Waals surface area contributed by atoms with Crippen molar-refractivity contribution >= 4 is 22.6 Å². The molecule has 0 heterocycles. The van der Waals surface area contributed by atoms with E-state index in [0.29, 0.717) is 6.42 Å². The predicted octanol–water partition coefficient (Wildman–Crippen LogP) is 3.76. The van der Waals surface area contributed by atoms with Crippen LogP contribution in [0, 0.1) is 0 Å². The fraction of sp³-hybridized carbons (Fsp3) is 0.933. The lowest BCUT2D eigenvalue weighted by Crippen LogP contribution is -2.47. The Labute approximate surface area is 137 Å². The molecule has 0 aliphatic carbocycles. The van der Waals surface area contributed by atoms with Gasteiger partial charge in [-0.05, 0) is 25.1 Å². The van der Waals surface area contributed by atoms with Crippen molar-refractivity contribution in [1.82, 2.24) is 0 Å². The Balaban J connectivity index is 5.17. The lowest BCUT2D eigenvalue weighted by atomic mass is 10.1. The predicted molar refractivity (Wildman–Crippen MR) is 92.6 cm³/mol. The zero-order valence-corrected chi connectivity index (χ0v) is 17.2. The lowest BCUT2D eigenvalue weighted by Gasteiger charge is -2.41. The Morgan fingerprint density at radius 2 is 1.64 bits per heavy atom. The van der Waals surface area contributed by atoms with Crippen LogP contribution in [0.5, 0.6) is 0 Å². The van der Waals surface area contributed by atoms with Crippen LogP contribution in [-0.2, 0) is 23.3 Å². The maximum Gasteiger partial charge on any atom is 0.332 e. The number of hydrogen-bond donors (Lipinski definition) is 0. The first-order valence-corrected chi connectivity index (χ1v) is 11.6. The summed E-state index contributed by atoms with van der Waals surface area (Å²) in [4.78, 5) is 11.9. The largest absolute Gasteiger partial charge is 0.413 e. The summed E-state index contributed by atoms with van der Waals surface area (Å²) in [5.41, 5.74) is 0. The minimum Gasteiger partial charge on any atom is -0.413 e. The van der Waals surface area contributed by atoms with Crippen molar-refractivity contribution in [3.05, 3.63) is 0 Å². The first kappa shape index (κ1) is 21.9. The SMILES string of the molecule is COC(C)(C[C@@H](CC(=O)C[PH+]=O)O[Si](C)(C)C(C)(C)C)OC. The van der Waals surface area contributed by atoms with Gasteiger partial charge in [-0.15, -0.1) is 0 Å². The van der Waals surface area contributed by atoms with Gasteiger partial charge in [0, 0.05) is 27.1 Å². The molecule has 0 aromatic carbocycles. The van der Waals surface area contributed by atoms with E-state index in [1.54, 1.807) is 14.2 Å². The molecule has 0 aromatic heterocycles. The number of ketones is 1. The first-order chi connectivity index (χ1) is 9.90. The summed E-state index contributed by atoms with van der Waals surface area (Å²) in [6, 6.07) is 0. The summed E-state index contributed by atoms with van der Waals surface area (Å²) in [7, 11) is 0.529.